The van der Waals surface area contributed by atoms with Crippen molar-refractivity contribution in [3.63, 3.8) is 0 Å². The smallest absolute Gasteiger partial charge is 0.317 e. The molecule has 4 heteroatoms. The zero-order valence-corrected chi connectivity index (χ0v) is 7.90. The summed E-state index contributed by atoms with van der Waals surface area (Å²) < 4.78 is 0. The van der Waals surface area contributed by atoms with Crippen LogP contribution in [0.25, 0.3) is 0 Å². The van der Waals surface area contributed by atoms with Gasteiger partial charge < -0.3 is 10.2 Å². The van der Waals surface area contributed by atoms with E-state index in [1.807, 2.05) is 16.7 Å². The van der Waals surface area contributed by atoms with Crippen LogP contribution in [0.2, 0.25) is 0 Å². The quantitative estimate of drug-likeness (QED) is 0.660. The lowest BCUT2D eigenvalue weighted by molar-refractivity contribution is 0.194. The number of nitrogens with one attached hydrogen (secondary N) is 1. The van der Waals surface area contributed by atoms with Gasteiger partial charge >= 0.3 is 6.03 Å². The Hall–Kier alpha value is -0.380. The first kappa shape index (κ1) is 8.23. The summed E-state index contributed by atoms with van der Waals surface area (Å²) in [6.07, 6.45) is 2.36. The Balaban J connectivity index is 1.93. The van der Waals surface area contributed by atoms with E-state index in [0.29, 0.717) is 6.04 Å². The van der Waals surface area contributed by atoms with Gasteiger partial charge in [-0.1, -0.05) is 0 Å². The molecule has 0 aliphatic carbocycles. The van der Waals surface area contributed by atoms with E-state index in [9.17, 15) is 4.79 Å². The molecule has 0 spiro atoms. The fourth-order valence-corrected chi connectivity index (χ4v) is 2.91. The summed E-state index contributed by atoms with van der Waals surface area (Å²) in [4.78, 5) is 13.3. The van der Waals surface area contributed by atoms with E-state index in [1.54, 1.807) is 0 Å². The van der Waals surface area contributed by atoms with Gasteiger partial charge in [-0.25, -0.2) is 4.79 Å². The monoisotopic (exact) mass is 186 g/mol. The molecule has 0 aromatic carbocycles. The highest BCUT2D eigenvalue weighted by Crippen LogP contribution is 2.22. The number of urea groups is 1. The van der Waals surface area contributed by atoms with E-state index in [2.05, 4.69) is 5.32 Å². The lowest BCUT2D eigenvalue weighted by atomic mass is 10.1. The molecule has 2 amide bonds. The van der Waals surface area contributed by atoms with E-state index in [-0.39, 0.29) is 6.03 Å². The second kappa shape index (κ2) is 3.56. The third-order valence-corrected chi connectivity index (χ3v) is 3.57. The Kier molecular flexibility index (Phi) is 2.44. The van der Waals surface area contributed by atoms with Gasteiger partial charge in [-0.3, -0.25) is 0 Å². The number of rotatable bonds is 1. The van der Waals surface area contributed by atoms with Crippen LogP contribution >= 0.6 is 11.8 Å². The first-order valence-electron chi connectivity index (χ1n) is 4.50. The molecule has 2 aliphatic heterocycles. The number of amides is 2. The molecule has 0 bridgehead atoms. The van der Waals surface area contributed by atoms with Crippen LogP contribution in [0.5, 0.6) is 0 Å². The van der Waals surface area contributed by atoms with Crippen molar-refractivity contribution in [2.24, 2.45) is 0 Å². The maximum atomic E-state index is 11.3. The average molecular weight is 186 g/mol. The highest BCUT2D eigenvalue weighted by molar-refractivity contribution is 7.99. The molecule has 2 heterocycles. The van der Waals surface area contributed by atoms with Crippen molar-refractivity contribution in [3.05, 3.63) is 0 Å². The van der Waals surface area contributed by atoms with E-state index >= 15 is 0 Å². The van der Waals surface area contributed by atoms with Crippen molar-refractivity contribution in [3.8, 4) is 0 Å². The van der Waals surface area contributed by atoms with Crippen LogP contribution in [0.3, 0.4) is 0 Å². The SMILES string of the molecule is O=C1NCCN1C1CCSCC1. The maximum absolute atomic E-state index is 11.3. The van der Waals surface area contributed by atoms with Gasteiger partial charge in [0.2, 0.25) is 0 Å². The summed E-state index contributed by atoms with van der Waals surface area (Å²) in [6, 6.07) is 0.667. The number of thioether (sulfide) groups is 1. The van der Waals surface area contributed by atoms with Crippen molar-refractivity contribution in [1.82, 2.24) is 10.2 Å². The fraction of sp³-hybridized carbons (Fsp3) is 0.875. The van der Waals surface area contributed by atoms with Gasteiger partial charge in [0.05, 0.1) is 0 Å². The van der Waals surface area contributed by atoms with Gasteiger partial charge in [-0.05, 0) is 24.3 Å². The van der Waals surface area contributed by atoms with Gasteiger partial charge in [0.15, 0.2) is 0 Å². The standard InChI is InChI=1S/C8H14N2OS/c11-8-9-3-4-10(8)7-1-5-12-6-2-7/h7H,1-6H2,(H,9,11). The summed E-state index contributed by atoms with van der Waals surface area (Å²) in [7, 11) is 0. The van der Waals surface area contributed by atoms with E-state index in [0.717, 1.165) is 13.1 Å². The van der Waals surface area contributed by atoms with Crippen LogP contribution in [-0.2, 0) is 0 Å². The Labute approximate surface area is 76.9 Å². The second-order valence-corrected chi connectivity index (χ2v) is 4.49. The highest BCUT2D eigenvalue weighted by Gasteiger charge is 2.28. The first-order chi connectivity index (χ1) is 5.88. The number of hydrogen-bond donors (Lipinski definition) is 1. The van der Waals surface area contributed by atoms with Crippen LogP contribution in [0.4, 0.5) is 4.79 Å². The van der Waals surface area contributed by atoms with Crippen molar-refractivity contribution in [1.29, 1.82) is 0 Å². The third-order valence-electron chi connectivity index (χ3n) is 2.52. The topological polar surface area (TPSA) is 32.3 Å². The molecule has 0 saturated carbocycles. The van der Waals surface area contributed by atoms with Crippen molar-refractivity contribution >= 4 is 17.8 Å². The van der Waals surface area contributed by atoms with E-state index < -0.39 is 0 Å². The summed E-state index contributed by atoms with van der Waals surface area (Å²) >= 11 is 2.00. The molecule has 0 aromatic heterocycles. The predicted molar refractivity (Wildman–Crippen MR) is 50.5 cm³/mol. The number of hydrogen-bond acceptors (Lipinski definition) is 2. The molecular weight excluding hydrogens is 172 g/mol. The average Bonchev–Trinajstić information content (AvgIpc) is 2.53. The molecular formula is C8H14N2OS. The Bertz CT molecular complexity index is 180. The molecule has 0 atom stereocenters. The minimum Gasteiger partial charge on any atom is -0.336 e. The van der Waals surface area contributed by atoms with Gasteiger partial charge in [-0.15, -0.1) is 0 Å². The van der Waals surface area contributed by atoms with Crippen LogP contribution in [-0.4, -0.2) is 41.6 Å². The molecule has 2 rings (SSSR count). The molecule has 3 nitrogen and oxygen atoms in total. The summed E-state index contributed by atoms with van der Waals surface area (Å²) in [5, 5.41) is 2.85. The minimum atomic E-state index is 0.145. The summed E-state index contributed by atoms with van der Waals surface area (Å²) in [5.74, 6) is 2.43. The van der Waals surface area contributed by atoms with Crippen LogP contribution in [0.15, 0.2) is 0 Å². The van der Waals surface area contributed by atoms with E-state index in [4.69, 9.17) is 0 Å². The molecule has 1 N–H and O–H groups in total. The second-order valence-electron chi connectivity index (χ2n) is 3.27. The molecule has 12 heavy (non-hydrogen) atoms. The van der Waals surface area contributed by atoms with Gasteiger partial charge in [0, 0.05) is 19.1 Å². The molecule has 2 saturated heterocycles. The molecule has 0 radical (unpaired) electrons. The maximum Gasteiger partial charge on any atom is 0.317 e. The Morgan fingerprint density at radius 3 is 2.75 bits per heavy atom. The third kappa shape index (κ3) is 1.53. The molecule has 2 aliphatic rings. The molecule has 2 fully saturated rings. The zero-order valence-electron chi connectivity index (χ0n) is 7.08. The Morgan fingerprint density at radius 2 is 2.17 bits per heavy atom. The molecule has 0 unspecified atom stereocenters. The van der Waals surface area contributed by atoms with Crippen molar-refractivity contribution in [2.75, 3.05) is 24.6 Å². The highest BCUT2D eigenvalue weighted by atomic mass is 32.2. The van der Waals surface area contributed by atoms with Gasteiger partial charge in [-0.2, -0.15) is 11.8 Å². The van der Waals surface area contributed by atoms with Gasteiger partial charge in [0.1, 0.15) is 0 Å². The number of carbonyl (C=O) groups is 1. The minimum absolute atomic E-state index is 0.145. The lowest BCUT2D eigenvalue weighted by Crippen LogP contribution is -2.40. The molecule has 68 valence electrons. The van der Waals surface area contributed by atoms with Gasteiger partial charge in [0.25, 0.3) is 0 Å². The number of nitrogens with zero attached hydrogens (tertiary/aromatic N) is 1. The van der Waals surface area contributed by atoms with Crippen molar-refractivity contribution < 1.29 is 4.79 Å². The summed E-state index contributed by atoms with van der Waals surface area (Å²) in [5.41, 5.74) is 0. The van der Waals surface area contributed by atoms with Crippen molar-refractivity contribution in [2.45, 2.75) is 18.9 Å². The fourth-order valence-electron chi connectivity index (χ4n) is 1.83. The predicted octanol–water partition coefficient (Wildman–Crippen LogP) is 0.907. The first-order valence-corrected chi connectivity index (χ1v) is 5.65. The summed E-state index contributed by atoms with van der Waals surface area (Å²) in [6.45, 7) is 1.75. The lowest BCUT2D eigenvalue weighted by Gasteiger charge is -2.29. The van der Waals surface area contributed by atoms with Crippen LogP contribution < -0.4 is 5.32 Å². The van der Waals surface area contributed by atoms with Crippen LogP contribution in [0.1, 0.15) is 12.8 Å². The Morgan fingerprint density at radius 1 is 1.42 bits per heavy atom. The number of carbonyl (C=O) groups excluding carboxylic acids is 1. The van der Waals surface area contributed by atoms with Crippen LogP contribution in [0, 0.1) is 0 Å². The largest absolute Gasteiger partial charge is 0.336 e. The normalized spacial score (nSPS) is 26.0. The van der Waals surface area contributed by atoms with E-state index in [1.165, 1.54) is 24.3 Å². The zero-order chi connectivity index (χ0) is 8.39. The molecule has 0 aromatic rings.